The Labute approximate surface area is 301 Å². The molecule has 0 atom stereocenters. The van der Waals surface area contributed by atoms with E-state index in [9.17, 15) is 18.2 Å². The van der Waals surface area contributed by atoms with E-state index >= 15 is 0 Å². The van der Waals surface area contributed by atoms with Crippen molar-refractivity contribution in [2.24, 2.45) is 10.2 Å². The van der Waals surface area contributed by atoms with Gasteiger partial charge in [0.15, 0.2) is 11.5 Å². The van der Waals surface area contributed by atoms with Gasteiger partial charge in [-0.2, -0.15) is 4.33 Å². The first kappa shape index (κ1) is 33.9. The van der Waals surface area contributed by atoms with Gasteiger partial charge < -0.3 is 9.81 Å². The number of rotatable bonds is 7. The molecule has 0 fully saturated rings. The second kappa shape index (κ2) is 13.4. The first-order valence-corrected chi connectivity index (χ1v) is 13.9. The molecule has 0 aliphatic carbocycles. The van der Waals surface area contributed by atoms with Crippen LogP contribution in [0.4, 0.5) is 10.8 Å². The number of benzene rings is 2. The number of thiazole rings is 1. The van der Waals surface area contributed by atoms with Crippen molar-refractivity contribution in [1.82, 2.24) is 24.8 Å². The summed E-state index contributed by atoms with van der Waals surface area (Å²) in [6.45, 7) is 7.94. The normalized spacial score (nSPS) is 12.2. The minimum absolute atomic E-state index is 0. The summed E-state index contributed by atoms with van der Waals surface area (Å²) < 4.78 is 40.8. The van der Waals surface area contributed by atoms with Gasteiger partial charge in [0.2, 0.25) is 10.8 Å². The van der Waals surface area contributed by atoms with E-state index in [1.54, 1.807) is 10.6 Å². The standard InChI is InChI=1S/C22H21N7O6S3.K.Na/c1-11-9-12(37-35-34-30)5-7-14(11)19-25-26-20-17(18(22(2,3)4)28-29(19)20)24-27-21-23-15-10-13(38(31,32)33)6-8-16(15)36-21;;/h5-10,28,30H,1-4H3,(H,31,32,33);;/q;2*+1/p-2. The van der Waals surface area contributed by atoms with Gasteiger partial charge in [0, 0.05) is 15.9 Å². The third-order valence-electron chi connectivity index (χ3n) is 5.55. The van der Waals surface area contributed by atoms with Crippen molar-refractivity contribution in [2.45, 2.75) is 42.9 Å². The van der Waals surface area contributed by atoms with Crippen molar-refractivity contribution in [3.63, 3.8) is 0 Å². The van der Waals surface area contributed by atoms with Crippen LogP contribution in [0.25, 0.3) is 27.3 Å². The number of nitrogens with zero attached hydrogens (tertiary/aromatic N) is 6. The van der Waals surface area contributed by atoms with Crippen LogP contribution in [-0.4, -0.2) is 37.8 Å². The zero-order valence-corrected chi connectivity index (χ0v) is 29.9. The molecule has 0 radical (unpaired) electrons. The molecule has 1 N–H and O–H groups in total. The fourth-order valence-electron chi connectivity index (χ4n) is 3.79. The molecule has 40 heavy (non-hydrogen) atoms. The molecule has 2 aromatic carbocycles. The second-order valence-electron chi connectivity index (χ2n) is 9.24. The quantitative estimate of drug-likeness (QED) is 0.0552. The van der Waals surface area contributed by atoms with Crippen LogP contribution in [0.1, 0.15) is 32.0 Å². The molecule has 0 amide bonds. The van der Waals surface area contributed by atoms with E-state index in [0.29, 0.717) is 32.3 Å². The van der Waals surface area contributed by atoms with Crippen LogP contribution in [0.15, 0.2) is 56.4 Å². The zero-order valence-electron chi connectivity index (χ0n) is 22.3. The van der Waals surface area contributed by atoms with Crippen molar-refractivity contribution in [1.29, 1.82) is 0 Å². The van der Waals surface area contributed by atoms with Gasteiger partial charge in [-0.15, -0.1) is 20.4 Å². The van der Waals surface area contributed by atoms with Crippen LogP contribution < -0.4 is 86.2 Å². The Balaban J connectivity index is 0.00000220. The Morgan fingerprint density at radius 1 is 1.12 bits per heavy atom. The third kappa shape index (κ3) is 7.12. The molecule has 0 aliphatic heterocycles. The molecule has 5 aromatic rings. The molecule has 0 saturated heterocycles. The Morgan fingerprint density at radius 2 is 1.88 bits per heavy atom. The molecule has 0 saturated carbocycles. The maximum absolute atomic E-state index is 11.3. The van der Waals surface area contributed by atoms with Crippen LogP contribution in [0.3, 0.4) is 0 Å². The number of aryl methyl sites for hydroxylation is 1. The maximum atomic E-state index is 11.3. The average Bonchev–Trinajstić information content (AvgIpc) is 3.53. The van der Waals surface area contributed by atoms with Crippen molar-refractivity contribution >= 4 is 60.2 Å². The summed E-state index contributed by atoms with van der Waals surface area (Å²) in [5.74, 6) is 0.549. The zero-order chi connectivity index (χ0) is 27.2. The van der Waals surface area contributed by atoms with Crippen LogP contribution in [-0.2, 0) is 24.9 Å². The number of fused-ring (bicyclic) bond motifs is 2. The molecule has 0 spiro atoms. The van der Waals surface area contributed by atoms with Crippen LogP contribution in [0, 0.1) is 6.92 Å². The van der Waals surface area contributed by atoms with Crippen molar-refractivity contribution in [3.05, 3.63) is 47.7 Å². The van der Waals surface area contributed by atoms with Gasteiger partial charge in [-0.25, -0.2) is 17.9 Å². The van der Waals surface area contributed by atoms with Crippen molar-refractivity contribution in [2.75, 3.05) is 0 Å². The van der Waals surface area contributed by atoms with E-state index in [2.05, 4.69) is 39.9 Å². The second-order valence-corrected chi connectivity index (χ2v) is 12.4. The SMILES string of the molecule is Cc1cc(SOO[O-])ccc1-c1nnc2c(N=Nc3nc4cc(S(=O)(=O)[O-])ccc4s3)c(C(C)(C)C)[nH]n12.[K+].[Na+]. The minimum Gasteiger partial charge on any atom is -0.744 e. The summed E-state index contributed by atoms with van der Waals surface area (Å²) in [5.41, 5.74) is 3.33. The van der Waals surface area contributed by atoms with E-state index < -0.39 is 10.1 Å². The Bertz CT molecular complexity index is 1810. The molecule has 0 bridgehead atoms. The monoisotopic (exact) mass is 635 g/mol. The molecule has 3 heterocycles. The first-order valence-electron chi connectivity index (χ1n) is 11.0. The summed E-state index contributed by atoms with van der Waals surface area (Å²) in [4.78, 5) is 4.63. The van der Waals surface area contributed by atoms with Gasteiger partial charge in [-0.3, -0.25) is 10.1 Å². The number of hydrogen-bond donors (Lipinski definition) is 1. The predicted molar refractivity (Wildman–Crippen MR) is 136 cm³/mol. The fraction of sp³-hybridized carbons (Fsp3) is 0.227. The van der Waals surface area contributed by atoms with Gasteiger partial charge in [-0.1, -0.05) is 32.1 Å². The van der Waals surface area contributed by atoms with Gasteiger partial charge in [0.1, 0.15) is 10.1 Å². The van der Waals surface area contributed by atoms with E-state index in [1.807, 2.05) is 39.8 Å². The number of aromatic nitrogens is 5. The molecular formula is C22H19KN7NaO6S3. The molecule has 13 nitrogen and oxygen atoms in total. The summed E-state index contributed by atoms with van der Waals surface area (Å²) in [6.07, 6.45) is 0. The number of hydrogen-bond acceptors (Lipinski definition) is 13. The summed E-state index contributed by atoms with van der Waals surface area (Å²) in [5, 5.41) is 34.6. The van der Waals surface area contributed by atoms with E-state index in [4.69, 9.17) is 0 Å². The van der Waals surface area contributed by atoms with Gasteiger partial charge in [-0.05, 0) is 48.9 Å². The molecule has 0 unspecified atom stereocenters. The Kier molecular flexibility index (Phi) is 11.3. The summed E-state index contributed by atoms with van der Waals surface area (Å²) in [6, 6.07) is 9.40. The first-order chi connectivity index (χ1) is 18.0. The van der Waals surface area contributed by atoms with Crippen LogP contribution in [0.2, 0.25) is 0 Å². The van der Waals surface area contributed by atoms with Gasteiger partial charge in [0.25, 0.3) is 0 Å². The van der Waals surface area contributed by atoms with E-state index in [1.165, 1.54) is 29.5 Å². The van der Waals surface area contributed by atoms with E-state index in [-0.39, 0.29) is 96.4 Å². The molecule has 5 rings (SSSR count). The van der Waals surface area contributed by atoms with Crippen molar-refractivity contribution < 1.29 is 109 Å². The van der Waals surface area contributed by atoms with Crippen LogP contribution >= 0.6 is 23.4 Å². The van der Waals surface area contributed by atoms with Crippen LogP contribution in [0.5, 0.6) is 0 Å². The fourth-order valence-corrected chi connectivity index (χ4v) is 5.50. The largest absolute Gasteiger partial charge is 1.00 e. The number of nitrogens with one attached hydrogen (secondary N) is 1. The van der Waals surface area contributed by atoms with Gasteiger partial charge >= 0.3 is 80.9 Å². The number of H-pyrrole nitrogens is 1. The smallest absolute Gasteiger partial charge is 0.744 e. The topological polar surface area (TPSA) is 182 Å². The molecule has 18 heteroatoms. The van der Waals surface area contributed by atoms with Crippen molar-refractivity contribution in [3.8, 4) is 11.4 Å². The van der Waals surface area contributed by atoms with E-state index in [0.717, 1.165) is 28.9 Å². The summed E-state index contributed by atoms with van der Waals surface area (Å²) in [7, 11) is -4.60. The summed E-state index contributed by atoms with van der Waals surface area (Å²) >= 11 is 2.00. The molecule has 0 aliphatic rings. The number of azo groups is 1. The Hall–Kier alpha value is -0.614. The van der Waals surface area contributed by atoms with Gasteiger partial charge in [0.05, 0.1) is 32.8 Å². The predicted octanol–water partition coefficient (Wildman–Crippen LogP) is -1.50. The number of aromatic amines is 1. The Morgan fingerprint density at radius 3 is 2.52 bits per heavy atom. The average molecular weight is 636 g/mol. The molecular weight excluding hydrogens is 617 g/mol. The molecule has 198 valence electrons. The third-order valence-corrected chi connectivity index (χ3v) is 7.88. The minimum atomic E-state index is -4.60. The molecule has 3 aromatic heterocycles. The maximum Gasteiger partial charge on any atom is 1.00 e.